The summed E-state index contributed by atoms with van der Waals surface area (Å²) < 4.78 is 5.96. The van der Waals surface area contributed by atoms with E-state index in [4.69, 9.17) is 4.74 Å². The number of nitrogens with one attached hydrogen (secondary N) is 1. The third kappa shape index (κ3) is 3.13. The second-order valence-electron chi connectivity index (χ2n) is 8.45. The maximum absolute atomic E-state index is 13.6. The zero-order valence-corrected chi connectivity index (χ0v) is 17.6. The topological polar surface area (TPSA) is 67.3 Å². The molecular formula is C26H23N3O2. The summed E-state index contributed by atoms with van der Waals surface area (Å²) in [7, 11) is 0. The van der Waals surface area contributed by atoms with E-state index in [1.54, 1.807) is 12.4 Å². The molecule has 0 aliphatic heterocycles. The normalized spacial score (nSPS) is 14.2. The van der Waals surface area contributed by atoms with E-state index in [-0.39, 0.29) is 11.2 Å². The maximum atomic E-state index is 13.6. The Bertz CT molecular complexity index is 1320. The van der Waals surface area contributed by atoms with Gasteiger partial charge < -0.3 is 9.72 Å². The molecule has 1 aliphatic carbocycles. The predicted octanol–water partition coefficient (Wildman–Crippen LogP) is 5.21. The lowest BCUT2D eigenvalue weighted by molar-refractivity contribution is 0.103. The number of rotatable bonds is 5. The first kappa shape index (κ1) is 19.2. The van der Waals surface area contributed by atoms with Gasteiger partial charge in [0.25, 0.3) is 0 Å². The Morgan fingerprint density at radius 3 is 2.77 bits per heavy atom. The van der Waals surface area contributed by atoms with E-state index in [1.165, 1.54) is 0 Å². The third-order valence-electron chi connectivity index (χ3n) is 6.05. The van der Waals surface area contributed by atoms with E-state index < -0.39 is 0 Å². The first-order valence-corrected chi connectivity index (χ1v) is 10.3. The van der Waals surface area contributed by atoms with Crippen molar-refractivity contribution in [1.82, 2.24) is 9.97 Å². The number of carbonyl (C=O) groups excluding carboxylic acids is 1. The maximum Gasteiger partial charge on any atom is 0.195 e. The number of aliphatic imine (C=N–C) groups is 1. The largest absolute Gasteiger partial charge is 0.489 e. The Hall–Kier alpha value is -3.73. The van der Waals surface area contributed by atoms with E-state index in [2.05, 4.69) is 41.6 Å². The number of hydrogen-bond donors (Lipinski definition) is 1. The molecule has 0 saturated heterocycles. The Kier molecular flexibility index (Phi) is 4.47. The van der Waals surface area contributed by atoms with Crippen LogP contribution in [-0.4, -0.2) is 22.5 Å². The molecule has 0 spiro atoms. The summed E-state index contributed by atoms with van der Waals surface area (Å²) >= 11 is 0. The van der Waals surface area contributed by atoms with Gasteiger partial charge in [0.2, 0.25) is 0 Å². The van der Waals surface area contributed by atoms with E-state index >= 15 is 0 Å². The molecule has 5 nitrogen and oxygen atoms in total. The molecule has 2 heterocycles. The van der Waals surface area contributed by atoms with Crippen molar-refractivity contribution in [3.8, 4) is 5.75 Å². The predicted molar refractivity (Wildman–Crippen MR) is 122 cm³/mol. The van der Waals surface area contributed by atoms with Gasteiger partial charge >= 0.3 is 0 Å². The Morgan fingerprint density at radius 2 is 2.00 bits per heavy atom. The van der Waals surface area contributed by atoms with Crippen LogP contribution in [0.15, 0.2) is 65.9 Å². The van der Waals surface area contributed by atoms with Gasteiger partial charge in [-0.1, -0.05) is 38.1 Å². The molecule has 0 saturated carbocycles. The summed E-state index contributed by atoms with van der Waals surface area (Å²) in [5, 5.41) is 0.938. The Balaban J connectivity index is 1.56. The van der Waals surface area contributed by atoms with Crippen molar-refractivity contribution in [1.29, 1.82) is 0 Å². The molecule has 1 aliphatic rings. The molecular weight excluding hydrogens is 386 g/mol. The molecule has 1 N–H and O–H groups in total. The van der Waals surface area contributed by atoms with Crippen LogP contribution in [0.3, 0.4) is 0 Å². The minimum absolute atomic E-state index is 0.0250. The fourth-order valence-electron chi connectivity index (χ4n) is 4.44. The standard InChI is InChI=1S/C26H23N3O2/c1-26(2)21-9-7-18(31-15-17-5-4-10-28-14-17)12-20(21)24(30)23-19-8-6-16(13-27-3)11-22(19)29-25(23)26/h4-12,14,29H,3,13,15H2,1-2H3. The molecule has 0 radical (unpaired) electrons. The minimum Gasteiger partial charge on any atom is -0.489 e. The van der Waals surface area contributed by atoms with Crippen molar-refractivity contribution in [2.24, 2.45) is 4.99 Å². The van der Waals surface area contributed by atoms with Crippen molar-refractivity contribution in [2.45, 2.75) is 32.4 Å². The second kappa shape index (κ2) is 7.20. The number of benzene rings is 2. The number of pyridine rings is 1. The molecule has 0 fully saturated rings. The van der Waals surface area contributed by atoms with E-state index in [1.807, 2.05) is 42.5 Å². The van der Waals surface area contributed by atoms with Gasteiger partial charge in [0.15, 0.2) is 5.78 Å². The fraction of sp³-hybridized carbons (Fsp3) is 0.192. The van der Waals surface area contributed by atoms with E-state index in [9.17, 15) is 4.79 Å². The van der Waals surface area contributed by atoms with Crippen molar-refractivity contribution >= 4 is 23.4 Å². The van der Waals surface area contributed by atoms with Crippen LogP contribution in [0.2, 0.25) is 0 Å². The minimum atomic E-state index is -0.337. The van der Waals surface area contributed by atoms with E-state index in [0.29, 0.717) is 24.5 Å². The summed E-state index contributed by atoms with van der Waals surface area (Å²) in [4.78, 5) is 25.2. The summed E-state index contributed by atoms with van der Waals surface area (Å²) in [6.45, 7) is 8.83. The summed E-state index contributed by atoms with van der Waals surface area (Å²) in [6.07, 6.45) is 3.51. The molecule has 31 heavy (non-hydrogen) atoms. The van der Waals surface area contributed by atoms with Crippen LogP contribution < -0.4 is 4.74 Å². The molecule has 154 valence electrons. The number of ether oxygens (including phenoxy) is 1. The molecule has 5 rings (SSSR count). The highest BCUT2D eigenvalue weighted by Crippen LogP contribution is 2.44. The van der Waals surface area contributed by atoms with Gasteiger partial charge in [0, 0.05) is 45.5 Å². The van der Waals surface area contributed by atoms with Crippen molar-refractivity contribution in [2.75, 3.05) is 0 Å². The first-order valence-electron chi connectivity index (χ1n) is 10.3. The molecule has 4 aromatic rings. The molecule has 2 aromatic heterocycles. The number of fused-ring (bicyclic) bond motifs is 4. The van der Waals surface area contributed by atoms with Gasteiger partial charge in [0.05, 0.1) is 12.1 Å². The Labute approximate surface area is 180 Å². The van der Waals surface area contributed by atoms with Gasteiger partial charge in [-0.25, -0.2) is 0 Å². The van der Waals surface area contributed by atoms with Crippen LogP contribution in [0.1, 0.15) is 52.2 Å². The number of H-pyrrole nitrogens is 1. The zero-order valence-electron chi connectivity index (χ0n) is 17.6. The SMILES string of the molecule is C=NCc1ccc2c3c([nH]c2c1)C(C)(C)c1ccc(OCc2cccnc2)cc1C3=O. The molecule has 0 amide bonds. The number of carbonyl (C=O) groups is 1. The van der Waals surface area contributed by atoms with Gasteiger partial charge in [-0.3, -0.25) is 14.8 Å². The average Bonchev–Trinajstić information content (AvgIpc) is 3.17. The van der Waals surface area contributed by atoms with Crippen molar-refractivity contribution < 1.29 is 9.53 Å². The lowest BCUT2D eigenvalue weighted by Crippen LogP contribution is -2.30. The van der Waals surface area contributed by atoms with Crippen LogP contribution in [-0.2, 0) is 18.6 Å². The molecule has 0 atom stereocenters. The van der Waals surface area contributed by atoms with Crippen LogP contribution in [0.4, 0.5) is 0 Å². The van der Waals surface area contributed by atoms with E-state index in [0.717, 1.165) is 38.9 Å². The summed E-state index contributed by atoms with van der Waals surface area (Å²) in [6, 6.07) is 15.7. The molecule has 5 heteroatoms. The molecule has 0 unspecified atom stereocenters. The molecule has 2 aromatic carbocycles. The van der Waals surface area contributed by atoms with Crippen LogP contribution in [0.5, 0.6) is 5.75 Å². The number of ketones is 1. The highest BCUT2D eigenvalue weighted by Gasteiger charge is 2.39. The number of nitrogens with zero attached hydrogens (tertiary/aromatic N) is 2. The van der Waals surface area contributed by atoms with Crippen LogP contribution in [0.25, 0.3) is 10.9 Å². The van der Waals surface area contributed by atoms with Gasteiger partial charge in [0.1, 0.15) is 12.4 Å². The highest BCUT2D eigenvalue weighted by atomic mass is 16.5. The third-order valence-corrected chi connectivity index (χ3v) is 6.05. The first-order chi connectivity index (χ1) is 15.0. The number of hydrogen-bond acceptors (Lipinski definition) is 4. The molecule has 0 bridgehead atoms. The number of aromatic amines is 1. The van der Waals surface area contributed by atoms with Crippen molar-refractivity contribution in [3.05, 3.63) is 94.4 Å². The highest BCUT2D eigenvalue weighted by molar-refractivity contribution is 6.20. The summed E-state index contributed by atoms with van der Waals surface area (Å²) in [5.74, 6) is 0.700. The fourth-order valence-corrected chi connectivity index (χ4v) is 4.44. The van der Waals surface area contributed by atoms with Crippen LogP contribution in [0, 0.1) is 0 Å². The van der Waals surface area contributed by atoms with Crippen LogP contribution >= 0.6 is 0 Å². The van der Waals surface area contributed by atoms with Crippen molar-refractivity contribution in [3.63, 3.8) is 0 Å². The summed E-state index contributed by atoms with van der Waals surface area (Å²) in [5.41, 5.74) is 6.05. The van der Waals surface area contributed by atoms with Gasteiger partial charge in [-0.15, -0.1) is 0 Å². The monoisotopic (exact) mass is 409 g/mol. The lowest BCUT2D eigenvalue weighted by atomic mass is 9.71. The lowest BCUT2D eigenvalue weighted by Gasteiger charge is -2.32. The van der Waals surface area contributed by atoms with Gasteiger partial charge in [-0.2, -0.15) is 0 Å². The van der Waals surface area contributed by atoms with Gasteiger partial charge in [-0.05, 0) is 42.1 Å². The second-order valence-corrected chi connectivity index (χ2v) is 8.45. The quantitative estimate of drug-likeness (QED) is 0.460. The smallest absolute Gasteiger partial charge is 0.195 e. The average molecular weight is 409 g/mol. The Morgan fingerprint density at radius 1 is 1.13 bits per heavy atom. The number of aromatic nitrogens is 2. The zero-order chi connectivity index (χ0) is 21.6.